The zero-order valence-electron chi connectivity index (χ0n) is 10.8. The summed E-state index contributed by atoms with van der Waals surface area (Å²) in [5, 5.41) is 9.08. The van der Waals surface area contributed by atoms with Gasteiger partial charge in [-0.15, -0.1) is 0 Å². The maximum Gasteiger partial charge on any atom is 0.358 e. The van der Waals surface area contributed by atoms with Crippen LogP contribution >= 0.6 is 0 Å². The number of rotatable bonds is 4. The molecule has 0 atom stereocenters. The van der Waals surface area contributed by atoms with E-state index in [2.05, 4.69) is 9.97 Å². The molecule has 0 aliphatic carbocycles. The van der Waals surface area contributed by atoms with E-state index < -0.39 is 5.97 Å². The number of hydrogen-bond donors (Lipinski definition) is 1. The zero-order chi connectivity index (χ0) is 13.8. The summed E-state index contributed by atoms with van der Waals surface area (Å²) in [5.74, 6) is -0.833. The minimum atomic E-state index is -1.10. The summed E-state index contributed by atoms with van der Waals surface area (Å²) in [6.07, 6.45) is 3.44. The fourth-order valence-electron chi connectivity index (χ4n) is 1.67. The van der Waals surface area contributed by atoms with Crippen LogP contribution in [-0.4, -0.2) is 21.0 Å². The molecule has 0 saturated heterocycles. The highest BCUT2D eigenvalue weighted by Gasteiger charge is 2.13. The number of carboxylic acids is 1. The SMILES string of the molecule is Cc1cncc(COc2ccc(C)nc2C(=O)O)c1. The largest absolute Gasteiger partial charge is 0.486 e. The topological polar surface area (TPSA) is 72.3 Å². The van der Waals surface area contributed by atoms with Crippen molar-refractivity contribution in [3.05, 3.63) is 53.1 Å². The van der Waals surface area contributed by atoms with Crippen LogP contribution in [0.3, 0.4) is 0 Å². The van der Waals surface area contributed by atoms with E-state index in [0.29, 0.717) is 5.69 Å². The average Bonchev–Trinajstić information content (AvgIpc) is 2.37. The zero-order valence-corrected chi connectivity index (χ0v) is 10.8. The van der Waals surface area contributed by atoms with Gasteiger partial charge < -0.3 is 9.84 Å². The molecule has 2 heterocycles. The number of aryl methyl sites for hydroxylation is 2. The first-order valence-corrected chi connectivity index (χ1v) is 5.80. The van der Waals surface area contributed by atoms with Gasteiger partial charge in [0.15, 0.2) is 11.4 Å². The van der Waals surface area contributed by atoms with Crippen molar-refractivity contribution >= 4 is 5.97 Å². The van der Waals surface area contributed by atoms with Crippen LogP contribution in [-0.2, 0) is 6.61 Å². The van der Waals surface area contributed by atoms with Crippen molar-refractivity contribution in [2.24, 2.45) is 0 Å². The van der Waals surface area contributed by atoms with Gasteiger partial charge in [-0.3, -0.25) is 4.98 Å². The minimum Gasteiger partial charge on any atom is -0.486 e. The highest BCUT2D eigenvalue weighted by atomic mass is 16.5. The lowest BCUT2D eigenvalue weighted by molar-refractivity contribution is 0.0684. The summed E-state index contributed by atoms with van der Waals surface area (Å²) in [4.78, 5) is 19.1. The van der Waals surface area contributed by atoms with Crippen molar-refractivity contribution in [3.63, 3.8) is 0 Å². The number of ether oxygens (including phenoxy) is 1. The lowest BCUT2D eigenvalue weighted by Crippen LogP contribution is -2.07. The Balaban J connectivity index is 2.17. The first-order valence-electron chi connectivity index (χ1n) is 5.80. The van der Waals surface area contributed by atoms with Crippen LogP contribution in [0.4, 0.5) is 0 Å². The van der Waals surface area contributed by atoms with Gasteiger partial charge in [-0.05, 0) is 37.6 Å². The number of hydrogen-bond acceptors (Lipinski definition) is 4. The molecular weight excluding hydrogens is 244 g/mol. The number of pyridine rings is 2. The first kappa shape index (κ1) is 13.0. The van der Waals surface area contributed by atoms with Crippen molar-refractivity contribution < 1.29 is 14.6 Å². The number of nitrogens with zero attached hydrogens (tertiary/aromatic N) is 2. The second kappa shape index (κ2) is 5.48. The Kier molecular flexibility index (Phi) is 3.75. The quantitative estimate of drug-likeness (QED) is 0.911. The molecule has 5 nitrogen and oxygen atoms in total. The molecule has 0 aliphatic rings. The maximum absolute atomic E-state index is 11.1. The van der Waals surface area contributed by atoms with Crippen LogP contribution in [0.15, 0.2) is 30.6 Å². The van der Waals surface area contributed by atoms with Crippen molar-refractivity contribution in [2.45, 2.75) is 20.5 Å². The van der Waals surface area contributed by atoms with Gasteiger partial charge in [-0.2, -0.15) is 0 Å². The third-order valence-corrected chi connectivity index (χ3v) is 2.53. The highest BCUT2D eigenvalue weighted by Crippen LogP contribution is 2.18. The normalized spacial score (nSPS) is 10.2. The van der Waals surface area contributed by atoms with Gasteiger partial charge in [0, 0.05) is 23.7 Å². The Bertz CT molecular complexity index is 611. The van der Waals surface area contributed by atoms with E-state index >= 15 is 0 Å². The minimum absolute atomic E-state index is 0.0689. The van der Waals surface area contributed by atoms with E-state index in [1.165, 1.54) is 0 Å². The van der Waals surface area contributed by atoms with Gasteiger partial charge in [0.2, 0.25) is 0 Å². The summed E-state index contributed by atoms with van der Waals surface area (Å²) in [7, 11) is 0. The van der Waals surface area contributed by atoms with Crippen LogP contribution in [0.25, 0.3) is 0 Å². The summed E-state index contributed by atoms with van der Waals surface area (Å²) in [6.45, 7) is 3.94. The molecule has 2 aromatic heterocycles. The molecule has 0 spiro atoms. The van der Waals surface area contributed by atoms with Gasteiger partial charge in [0.1, 0.15) is 6.61 Å². The van der Waals surface area contributed by atoms with Crippen molar-refractivity contribution in [3.8, 4) is 5.75 Å². The molecule has 0 saturated carbocycles. The number of aromatic nitrogens is 2. The molecule has 0 aliphatic heterocycles. The summed E-state index contributed by atoms with van der Waals surface area (Å²) >= 11 is 0. The monoisotopic (exact) mass is 258 g/mol. The van der Waals surface area contributed by atoms with Gasteiger partial charge in [0.05, 0.1) is 0 Å². The van der Waals surface area contributed by atoms with Crippen molar-refractivity contribution in [1.29, 1.82) is 0 Å². The molecule has 1 N–H and O–H groups in total. The van der Waals surface area contributed by atoms with Crippen LogP contribution < -0.4 is 4.74 Å². The van der Waals surface area contributed by atoms with E-state index in [1.807, 2.05) is 13.0 Å². The molecule has 0 amide bonds. The molecule has 0 bridgehead atoms. The summed E-state index contributed by atoms with van der Waals surface area (Å²) in [6, 6.07) is 5.28. The van der Waals surface area contributed by atoms with Gasteiger partial charge >= 0.3 is 5.97 Å². The third-order valence-electron chi connectivity index (χ3n) is 2.53. The smallest absolute Gasteiger partial charge is 0.358 e. The predicted molar refractivity (Wildman–Crippen MR) is 69.2 cm³/mol. The third kappa shape index (κ3) is 3.28. The molecule has 0 radical (unpaired) electrons. The number of carboxylic acid groups (broad SMARTS) is 1. The number of carbonyl (C=O) groups is 1. The van der Waals surface area contributed by atoms with Crippen molar-refractivity contribution in [1.82, 2.24) is 9.97 Å². The van der Waals surface area contributed by atoms with Crippen LogP contribution in [0, 0.1) is 13.8 Å². The molecule has 0 fully saturated rings. The average molecular weight is 258 g/mol. The number of aromatic carboxylic acids is 1. The Morgan fingerprint density at radius 3 is 2.79 bits per heavy atom. The molecule has 98 valence electrons. The van der Waals surface area contributed by atoms with Crippen LogP contribution in [0.5, 0.6) is 5.75 Å². The van der Waals surface area contributed by atoms with E-state index in [4.69, 9.17) is 9.84 Å². The standard InChI is InChI=1S/C14H14N2O3/c1-9-5-11(7-15-6-9)8-19-12-4-3-10(2)16-13(12)14(17)18/h3-7H,8H2,1-2H3,(H,17,18). The Morgan fingerprint density at radius 1 is 1.32 bits per heavy atom. The molecular formula is C14H14N2O3. The van der Waals surface area contributed by atoms with Crippen LogP contribution in [0.1, 0.15) is 27.3 Å². The molecule has 5 heteroatoms. The summed E-state index contributed by atoms with van der Waals surface area (Å²) in [5.41, 5.74) is 2.49. The molecule has 2 aromatic rings. The summed E-state index contributed by atoms with van der Waals surface area (Å²) < 4.78 is 5.51. The molecule has 0 unspecified atom stereocenters. The van der Waals surface area contributed by atoms with E-state index in [-0.39, 0.29) is 18.1 Å². The molecule has 0 aromatic carbocycles. The van der Waals surface area contributed by atoms with Crippen LogP contribution in [0.2, 0.25) is 0 Å². The molecule has 2 rings (SSSR count). The fraction of sp³-hybridized carbons (Fsp3) is 0.214. The lowest BCUT2D eigenvalue weighted by Gasteiger charge is -2.09. The van der Waals surface area contributed by atoms with E-state index in [0.717, 1.165) is 11.1 Å². The predicted octanol–water partition coefficient (Wildman–Crippen LogP) is 2.37. The second-order valence-electron chi connectivity index (χ2n) is 4.26. The maximum atomic E-state index is 11.1. The Labute approximate surface area is 110 Å². The van der Waals surface area contributed by atoms with Gasteiger partial charge in [0.25, 0.3) is 0 Å². The van der Waals surface area contributed by atoms with Gasteiger partial charge in [-0.25, -0.2) is 9.78 Å². The Morgan fingerprint density at radius 2 is 2.11 bits per heavy atom. The van der Waals surface area contributed by atoms with Gasteiger partial charge in [-0.1, -0.05) is 0 Å². The molecule has 19 heavy (non-hydrogen) atoms. The first-order chi connectivity index (χ1) is 9.06. The lowest BCUT2D eigenvalue weighted by atomic mass is 10.2. The van der Waals surface area contributed by atoms with Crippen molar-refractivity contribution in [2.75, 3.05) is 0 Å². The second-order valence-corrected chi connectivity index (χ2v) is 4.26. The van der Waals surface area contributed by atoms with E-state index in [9.17, 15) is 4.79 Å². The van der Waals surface area contributed by atoms with E-state index in [1.54, 1.807) is 31.5 Å². The fourth-order valence-corrected chi connectivity index (χ4v) is 1.67. The highest BCUT2D eigenvalue weighted by molar-refractivity contribution is 5.88. The Hall–Kier alpha value is -2.43.